The lowest BCUT2D eigenvalue weighted by molar-refractivity contribution is 0.154. The molecule has 0 saturated carbocycles. The normalized spacial score (nSPS) is 15.3. The van der Waals surface area contributed by atoms with Crippen molar-refractivity contribution in [3.05, 3.63) is 52.4 Å². The highest BCUT2D eigenvalue weighted by atomic mass is 35.5. The number of pyridine rings is 1. The molecule has 2 aromatic rings. The lowest BCUT2D eigenvalue weighted by Crippen LogP contribution is -2.34. The molecular formula is C18H20ClFN2O2. The molecule has 1 aromatic carbocycles. The van der Waals surface area contributed by atoms with Gasteiger partial charge in [-0.05, 0) is 56.6 Å². The second-order valence-corrected chi connectivity index (χ2v) is 6.28. The fraction of sp³-hybridized carbons (Fsp3) is 0.389. The summed E-state index contributed by atoms with van der Waals surface area (Å²) in [6.07, 6.45) is 2.12. The summed E-state index contributed by atoms with van der Waals surface area (Å²) in [5, 5.41) is 3.64. The summed E-state index contributed by atoms with van der Waals surface area (Å²) in [6, 6.07) is 8.15. The van der Waals surface area contributed by atoms with Crippen LogP contribution in [0.4, 0.5) is 4.39 Å². The Morgan fingerprint density at radius 3 is 2.79 bits per heavy atom. The number of piperidine rings is 1. The molecule has 24 heavy (non-hydrogen) atoms. The maximum Gasteiger partial charge on any atom is 0.213 e. The molecule has 0 aliphatic carbocycles. The highest BCUT2D eigenvalue weighted by Crippen LogP contribution is 2.23. The summed E-state index contributed by atoms with van der Waals surface area (Å²) < 4.78 is 25.3. The Morgan fingerprint density at radius 1 is 1.25 bits per heavy atom. The molecule has 6 heteroatoms. The second kappa shape index (κ2) is 7.81. The smallest absolute Gasteiger partial charge is 0.213 e. The number of hydrogen-bond donors (Lipinski definition) is 1. The molecule has 1 aliphatic heterocycles. The summed E-state index contributed by atoms with van der Waals surface area (Å²) in [4.78, 5) is 4.51. The quantitative estimate of drug-likeness (QED) is 0.888. The Hall–Kier alpha value is -1.85. The Bertz CT molecular complexity index is 705. The van der Waals surface area contributed by atoms with E-state index in [1.54, 1.807) is 6.07 Å². The molecular weight excluding hydrogens is 331 g/mol. The van der Waals surface area contributed by atoms with Gasteiger partial charge in [0.2, 0.25) is 5.88 Å². The summed E-state index contributed by atoms with van der Waals surface area (Å²) in [5.74, 6) is 0.259. The van der Waals surface area contributed by atoms with Gasteiger partial charge in [-0.3, -0.25) is 0 Å². The zero-order chi connectivity index (χ0) is 16.9. The van der Waals surface area contributed by atoms with Crippen molar-refractivity contribution >= 4 is 11.6 Å². The maximum absolute atomic E-state index is 13.8. The fourth-order valence-corrected chi connectivity index (χ4v) is 2.74. The largest absolute Gasteiger partial charge is 0.484 e. The van der Waals surface area contributed by atoms with E-state index in [1.807, 2.05) is 19.1 Å². The van der Waals surface area contributed by atoms with Crippen molar-refractivity contribution in [2.24, 2.45) is 0 Å². The van der Waals surface area contributed by atoms with Gasteiger partial charge in [-0.2, -0.15) is 0 Å². The van der Waals surface area contributed by atoms with Crippen molar-refractivity contribution in [3.63, 3.8) is 0 Å². The molecule has 1 aliphatic rings. The van der Waals surface area contributed by atoms with E-state index in [2.05, 4.69) is 10.3 Å². The standard InChI is InChI=1S/C18H20ClFN2O2/c1-12-2-5-18(24-14-6-8-21-9-7-14)22-16(12)11-23-17-4-3-13(19)10-15(17)20/h2-5,10,14,21H,6-9,11H2,1H3. The van der Waals surface area contributed by atoms with Gasteiger partial charge in [0, 0.05) is 11.1 Å². The summed E-state index contributed by atoms with van der Waals surface area (Å²) >= 11 is 5.74. The molecule has 0 bridgehead atoms. The minimum atomic E-state index is -0.484. The highest BCUT2D eigenvalue weighted by molar-refractivity contribution is 6.30. The van der Waals surface area contributed by atoms with Crippen molar-refractivity contribution in [2.75, 3.05) is 13.1 Å². The van der Waals surface area contributed by atoms with E-state index in [4.69, 9.17) is 21.1 Å². The lowest BCUT2D eigenvalue weighted by Gasteiger charge is -2.23. The van der Waals surface area contributed by atoms with Crippen LogP contribution in [0.15, 0.2) is 30.3 Å². The number of ether oxygens (including phenoxy) is 2. The van der Waals surface area contributed by atoms with E-state index in [1.165, 1.54) is 12.1 Å². The van der Waals surface area contributed by atoms with Gasteiger partial charge in [0.05, 0.1) is 5.69 Å². The summed E-state index contributed by atoms with van der Waals surface area (Å²) in [6.45, 7) is 4.04. The van der Waals surface area contributed by atoms with Crippen LogP contribution in [0.2, 0.25) is 5.02 Å². The molecule has 1 fully saturated rings. The molecule has 3 rings (SSSR count). The molecule has 1 aromatic heterocycles. The number of nitrogens with zero attached hydrogens (tertiary/aromatic N) is 1. The number of aromatic nitrogens is 1. The van der Waals surface area contributed by atoms with Crippen molar-refractivity contribution in [1.29, 1.82) is 0 Å². The van der Waals surface area contributed by atoms with Crippen molar-refractivity contribution in [3.8, 4) is 11.6 Å². The van der Waals surface area contributed by atoms with Crippen LogP contribution in [-0.4, -0.2) is 24.2 Å². The van der Waals surface area contributed by atoms with Crippen LogP contribution in [0.5, 0.6) is 11.6 Å². The highest BCUT2D eigenvalue weighted by Gasteiger charge is 2.16. The molecule has 1 N–H and O–H groups in total. The van der Waals surface area contributed by atoms with Crippen LogP contribution in [0.3, 0.4) is 0 Å². The van der Waals surface area contributed by atoms with Crippen molar-refractivity contribution < 1.29 is 13.9 Å². The first-order chi connectivity index (χ1) is 11.6. The molecule has 0 spiro atoms. The van der Waals surface area contributed by atoms with Crippen LogP contribution in [-0.2, 0) is 6.61 Å². The van der Waals surface area contributed by atoms with Crippen LogP contribution in [0.25, 0.3) is 0 Å². The van der Waals surface area contributed by atoms with Crippen LogP contribution in [0, 0.1) is 12.7 Å². The first kappa shape index (κ1) is 17.0. The van der Waals surface area contributed by atoms with E-state index in [-0.39, 0.29) is 18.5 Å². The first-order valence-corrected chi connectivity index (χ1v) is 8.41. The third-order valence-corrected chi connectivity index (χ3v) is 4.24. The number of aryl methyl sites for hydroxylation is 1. The fourth-order valence-electron chi connectivity index (χ4n) is 2.59. The number of hydrogen-bond acceptors (Lipinski definition) is 4. The van der Waals surface area contributed by atoms with Gasteiger partial charge in [0.25, 0.3) is 0 Å². The van der Waals surface area contributed by atoms with Gasteiger partial charge < -0.3 is 14.8 Å². The monoisotopic (exact) mass is 350 g/mol. The average Bonchev–Trinajstić information content (AvgIpc) is 2.57. The molecule has 0 unspecified atom stereocenters. The van der Waals surface area contributed by atoms with Crippen LogP contribution < -0.4 is 14.8 Å². The zero-order valence-electron chi connectivity index (χ0n) is 13.5. The van der Waals surface area contributed by atoms with E-state index in [9.17, 15) is 4.39 Å². The zero-order valence-corrected chi connectivity index (χ0v) is 14.3. The maximum atomic E-state index is 13.8. The van der Waals surface area contributed by atoms with Crippen LogP contribution in [0.1, 0.15) is 24.1 Å². The Balaban J connectivity index is 1.67. The molecule has 0 atom stereocenters. The average molecular weight is 351 g/mol. The minimum absolute atomic E-state index is 0.158. The lowest BCUT2D eigenvalue weighted by atomic mass is 10.1. The van der Waals surface area contributed by atoms with E-state index in [0.717, 1.165) is 37.2 Å². The summed E-state index contributed by atoms with van der Waals surface area (Å²) in [7, 11) is 0. The predicted octanol–water partition coefficient (Wildman–Crippen LogP) is 3.89. The third-order valence-electron chi connectivity index (χ3n) is 4.01. The molecule has 0 amide bonds. The van der Waals surface area contributed by atoms with Gasteiger partial charge in [0.15, 0.2) is 11.6 Å². The molecule has 128 valence electrons. The van der Waals surface area contributed by atoms with Crippen molar-refractivity contribution in [1.82, 2.24) is 10.3 Å². The topological polar surface area (TPSA) is 43.4 Å². The number of nitrogens with one attached hydrogen (secondary N) is 1. The third kappa shape index (κ3) is 4.36. The molecule has 4 nitrogen and oxygen atoms in total. The van der Waals surface area contributed by atoms with Gasteiger partial charge in [0.1, 0.15) is 12.7 Å². The van der Waals surface area contributed by atoms with Gasteiger partial charge in [-0.15, -0.1) is 0 Å². The predicted molar refractivity (Wildman–Crippen MR) is 91.2 cm³/mol. The van der Waals surface area contributed by atoms with E-state index < -0.39 is 5.82 Å². The molecule has 1 saturated heterocycles. The Kier molecular flexibility index (Phi) is 5.53. The van der Waals surface area contributed by atoms with Crippen molar-refractivity contribution in [2.45, 2.75) is 32.5 Å². The number of benzene rings is 1. The minimum Gasteiger partial charge on any atom is -0.484 e. The Labute approximate surface area is 146 Å². The van der Waals surface area contributed by atoms with Gasteiger partial charge >= 0.3 is 0 Å². The first-order valence-electron chi connectivity index (χ1n) is 8.03. The SMILES string of the molecule is Cc1ccc(OC2CCNCC2)nc1COc1ccc(Cl)cc1F. The van der Waals surface area contributed by atoms with Crippen LogP contribution >= 0.6 is 11.6 Å². The van der Waals surface area contributed by atoms with Gasteiger partial charge in [-0.25, -0.2) is 9.37 Å². The molecule has 2 heterocycles. The second-order valence-electron chi connectivity index (χ2n) is 5.84. The molecule has 0 radical (unpaired) electrons. The van der Waals surface area contributed by atoms with E-state index in [0.29, 0.717) is 10.9 Å². The van der Waals surface area contributed by atoms with E-state index >= 15 is 0 Å². The number of rotatable bonds is 5. The summed E-state index contributed by atoms with van der Waals surface area (Å²) in [5.41, 5.74) is 1.71. The number of halogens is 2. The van der Waals surface area contributed by atoms with Gasteiger partial charge in [-0.1, -0.05) is 17.7 Å². The Morgan fingerprint density at radius 2 is 2.04 bits per heavy atom.